The van der Waals surface area contributed by atoms with Crippen LogP contribution >= 0.6 is 0 Å². The van der Waals surface area contributed by atoms with E-state index in [2.05, 4.69) is 26.3 Å². The molecule has 2 aliphatic rings. The highest BCUT2D eigenvalue weighted by Gasteiger charge is 2.43. The summed E-state index contributed by atoms with van der Waals surface area (Å²) in [5.41, 5.74) is 0.969. The second-order valence-electron chi connectivity index (χ2n) is 7.64. The molecule has 1 saturated heterocycles. The highest BCUT2D eigenvalue weighted by molar-refractivity contribution is 5.87. The zero-order valence-corrected chi connectivity index (χ0v) is 16.4. The third-order valence-corrected chi connectivity index (χ3v) is 5.52. The number of benzene rings is 2. The van der Waals surface area contributed by atoms with Gasteiger partial charge in [0, 0.05) is 30.9 Å². The van der Waals surface area contributed by atoms with Gasteiger partial charge in [-0.05, 0) is 61.8 Å². The van der Waals surface area contributed by atoms with Crippen LogP contribution in [0.25, 0.3) is 22.1 Å². The fourth-order valence-electron chi connectivity index (χ4n) is 3.92. The number of halogens is 2. The molecule has 0 unspecified atom stereocenters. The molecule has 3 heterocycles. The first kappa shape index (κ1) is 18.9. The van der Waals surface area contributed by atoms with Crippen molar-refractivity contribution in [2.75, 3.05) is 38.1 Å². The molecule has 1 fully saturated rings. The van der Waals surface area contributed by atoms with Gasteiger partial charge in [-0.15, -0.1) is 8.78 Å². The lowest BCUT2D eigenvalue weighted by Gasteiger charge is -2.23. The monoisotopic (exact) mass is 414 g/mol. The summed E-state index contributed by atoms with van der Waals surface area (Å²) in [7, 11) is 2.11. The minimum Gasteiger partial charge on any atom is -0.422 e. The number of nitrogens with zero attached hydrogens (tertiary/aromatic N) is 2. The molecule has 0 aliphatic carbocycles. The lowest BCUT2D eigenvalue weighted by atomic mass is 10.1. The molecule has 8 heteroatoms. The van der Waals surface area contributed by atoms with Crippen molar-refractivity contribution in [1.82, 2.24) is 4.90 Å². The standard InChI is InChI=1S/C22H20F2N2O4/c1-25-7-2-8-26(10-9-25)16-5-3-14-11-19(28-21(27)17(14)13-16)15-4-6-18-20(12-15)30-22(23,24)29-18/h3-6,11-13H,2,7-10H2,1H3. The number of hydrogen-bond donors (Lipinski definition) is 0. The molecular formula is C22H20F2N2O4. The van der Waals surface area contributed by atoms with Crippen LogP contribution in [0.15, 0.2) is 51.7 Å². The summed E-state index contributed by atoms with van der Waals surface area (Å²) < 4.78 is 40.9. The fraction of sp³-hybridized carbons (Fsp3) is 0.318. The van der Waals surface area contributed by atoms with Gasteiger partial charge in [0.05, 0.1) is 5.39 Å². The Hall–Kier alpha value is -3.13. The van der Waals surface area contributed by atoms with Crippen LogP contribution in [0, 0.1) is 0 Å². The van der Waals surface area contributed by atoms with Crippen molar-refractivity contribution in [3.63, 3.8) is 0 Å². The van der Waals surface area contributed by atoms with Crippen LogP contribution in [-0.4, -0.2) is 44.4 Å². The quantitative estimate of drug-likeness (QED) is 0.634. The largest absolute Gasteiger partial charge is 0.586 e. The topological polar surface area (TPSA) is 55.1 Å². The van der Waals surface area contributed by atoms with Gasteiger partial charge in [0.25, 0.3) is 0 Å². The molecule has 0 saturated carbocycles. The molecule has 156 valence electrons. The maximum atomic E-state index is 13.3. The molecule has 0 amide bonds. The van der Waals surface area contributed by atoms with Crippen molar-refractivity contribution >= 4 is 16.5 Å². The number of likely N-dealkylation sites (N-methyl/N-ethyl adjacent to an activating group) is 1. The first-order valence-corrected chi connectivity index (χ1v) is 9.80. The molecule has 1 aromatic heterocycles. The van der Waals surface area contributed by atoms with Gasteiger partial charge in [0.1, 0.15) is 5.76 Å². The van der Waals surface area contributed by atoms with Crippen molar-refractivity contribution in [2.24, 2.45) is 0 Å². The zero-order chi connectivity index (χ0) is 20.9. The van der Waals surface area contributed by atoms with E-state index in [9.17, 15) is 13.6 Å². The minimum atomic E-state index is -3.69. The highest BCUT2D eigenvalue weighted by Crippen LogP contribution is 2.43. The number of fused-ring (bicyclic) bond motifs is 2. The van der Waals surface area contributed by atoms with E-state index in [0.29, 0.717) is 10.9 Å². The Bertz CT molecular complexity index is 1180. The number of hydrogen-bond acceptors (Lipinski definition) is 6. The second kappa shape index (κ2) is 6.98. The average Bonchev–Trinajstić information content (AvgIpc) is 2.86. The second-order valence-corrected chi connectivity index (χ2v) is 7.64. The average molecular weight is 414 g/mol. The molecule has 0 spiro atoms. The smallest absolute Gasteiger partial charge is 0.422 e. The summed E-state index contributed by atoms with van der Waals surface area (Å²) in [6.45, 7) is 3.85. The third-order valence-electron chi connectivity index (χ3n) is 5.52. The number of anilines is 1. The third kappa shape index (κ3) is 3.47. The van der Waals surface area contributed by atoms with Gasteiger partial charge in [-0.3, -0.25) is 0 Å². The molecule has 0 N–H and O–H groups in total. The molecule has 0 radical (unpaired) electrons. The van der Waals surface area contributed by atoms with Crippen LogP contribution in [0.3, 0.4) is 0 Å². The minimum absolute atomic E-state index is 0.0559. The molecule has 6 nitrogen and oxygen atoms in total. The van der Waals surface area contributed by atoms with E-state index in [0.717, 1.165) is 43.7 Å². The van der Waals surface area contributed by atoms with E-state index in [4.69, 9.17) is 4.42 Å². The van der Waals surface area contributed by atoms with Crippen LogP contribution in [0.4, 0.5) is 14.5 Å². The van der Waals surface area contributed by atoms with Crippen molar-refractivity contribution < 1.29 is 22.7 Å². The normalized spacial score (nSPS) is 18.6. The SMILES string of the molecule is CN1CCCN(c2ccc3cc(-c4ccc5c(c4)OC(F)(F)O5)oc(=O)c3c2)CC1. The lowest BCUT2D eigenvalue weighted by Crippen LogP contribution is -2.28. The molecule has 5 rings (SSSR count). The Morgan fingerprint density at radius 2 is 1.77 bits per heavy atom. The van der Waals surface area contributed by atoms with Gasteiger partial charge in [-0.1, -0.05) is 6.07 Å². The van der Waals surface area contributed by atoms with Crippen LogP contribution < -0.4 is 20.0 Å². The molecule has 0 bridgehead atoms. The van der Waals surface area contributed by atoms with E-state index in [1.54, 1.807) is 12.1 Å². The van der Waals surface area contributed by atoms with Crippen molar-refractivity contribution in [3.05, 3.63) is 52.9 Å². The molecule has 0 atom stereocenters. The van der Waals surface area contributed by atoms with E-state index in [1.165, 1.54) is 12.1 Å². The predicted molar refractivity (Wildman–Crippen MR) is 108 cm³/mol. The summed E-state index contributed by atoms with van der Waals surface area (Å²) in [5, 5.41) is 1.21. The highest BCUT2D eigenvalue weighted by atomic mass is 19.3. The van der Waals surface area contributed by atoms with Crippen molar-refractivity contribution in [2.45, 2.75) is 12.7 Å². The first-order chi connectivity index (χ1) is 14.4. The van der Waals surface area contributed by atoms with Gasteiger partial charge >= 0.3 is 11.9 Å². The Labute approximate surface area is 171 Å². The van der Waals surface area contributed by atoms with Gasteiger partial charge in [-0.25, -0.2) is 4.79 Å². The Kier molecular flexibility index (Phi) is 4.39. The number of rotatable bonds is 2. The van der Waals surface area contributed by atoms with Crippen LogP contribution in [0.2, 0.25) is 0 Å². The molecule has 30 heavy (non-hydrogen) atoms. The molecular weight excluding hydrogens is 394 g/mol. The molecule has 2 aliphatic heterocycles. The van der Waals surface area contributed by atoms with Gasteiger partial charge < -0.3 is 23.7 Å². The fourth-order valence-corrected chi connectivity index (χ4v) is 3.92. The van der Waals surface area contributed by atoms with Gasteiger partial charge in [0.2, 0.25) is 0 Å². The first-order valence-electron chi connectivity index (χ1n) is 9.80. The van der Waals surface area contributed by atoms with Crippen LogP contribution in [0.5, 0.6) is 11.5 Å². The van der Waals surface area contributed by atoms with E-state index in [1.807, 2.05) is 18.2 Å². The van der Waals surface area contributed by atoms with Gasteiger partial charge in [-0.2, -0.15) is 0 Å². The summed E-state index contributed by atoms with van der Waals surface area (Å²) >= 11 is 0. The Morgan fingerprint density at radius 3 is 2.63 bits per heavy atom. The van der Waals surface area contributed by atoms with Crippen molar-refractivity contribution in [1.29, 1.82) is 0 Å². The summed E-state index contributed by atoms with van der Waals surface area (Å²) in [5.74, 6) is 0.125. The lowest BCUT2D eigenvalue weighted by molar-refractivity contribution is -0.286. The number of ether oxygens (including phenoxy) is 2. The number of alkyl halides is 2. The summed E-state index contributed by atoms with van der Waals surface area (Å²) in [6.07, 6.45) is -2.63. The summed E-state index contributed by atoms with van der Waals surface area (Å²) in [4.78, 5) is 17.3. The van der Waals surface area contributed by atoms with E-state index >= 15 is 0 Å². The molecule has 3 aromatic rings. The van der Waals surface area contributed by atoms with Crippen LogP contribution in [-0.2, 0) is 0 Å². The summed E-state index contributed by atoms with van der Waals surface area (Å²) in [6, 6.07) is 11.8. The maximum Gasteiger partial charge on any atom is 0.586 e. The van der Waals surface area contributed by atoms with E-state index < -0.39 is 11.9 Å². The molecule has 2 aromatic carbocycles. The van der Waals surface area contributed by atoms with E-state index in [-0.39, 0.29) is 17.3 Å². The maximum absolute atomic E-state index is 13.3. The zero-order valence-electron chi connectivity index (χ0n) is 16.4. The van der Waals surface area contributed by atoms with Crippen LogP contribution in [0.1, 0.15) is 6.42 Å². The van der Waals surface area contributed by atoms with Crippen molar-refractivity contribution in [3.8, 4) is 22.8 Å². The van der Waals surface area contributed by atoms with Gasteiger partial charge in [0.15, 0.2) is 11.5 Å². The predicted octanol–water partition coefficient (Wildman–Crippen LogP) is 3.92. The Balaban J connectivity index is 1.49. The Morgan fingerprint density at radius 1 is 0.933 bits per heavy atom.